The van der Waals surface area contributed by atoms with Crippen LogP contribution in [0.3, 0.4) is 0 Å². The molecular weight excluding hydrogens is 453 g/mol. The predicted molar refractivity (Wildman–Crippen MR) is 144 cm³/mol. The van der Waals surface area contributed by atoms with Gasteiger partial charge in [-0.25, -0.2) is 0 Å². The third-order valence-corrected chi connectivity index (χ3v) is 20.5. The molecule has 0 saturated carbocycles. The van der Waals surface area contributed by atoms with Gasteiger partial charge in [-0.15, -0.1) is 23.5 Å². The Kier molecular flexibility index (Phi) is 9.29. The minimum Gasteiger partial charge on any atom is -0.497 e. The number of methoxy groups -OCH3 is 1. The zero-order valence-electron chi connectivity index (χ0n) is 20.9. The van der Waals surface area contributed by atoms with Crippen LogP contribution in [0.4, 0.5) is 0 Å². The van der Waals surface area contributed by atoms with Crippen LogP contribution in [0.15, 0.2) is 36.4 Å². The second-order valence-electron chi connectivity index (χ2n) is 9.95. The largest absolute Gasteiger partial charge is 0.497 e. The third-order valence-electron chi connectivity index (χ3n) is 7.32. The summed E-state index contributed by atoms with van der Waals surface area (Å²) in [5.41, 5.74) is 3.33. The first-order chi connectivity index (χ1) is 15.3. The van der Waals surface area contributed by atoms with Gasteiger partial charge in [0.15, 0.2) is 6.29 Å². The molecule has 0 spiro atoms. The summed E-state index contributed by atoms with van der Waals surface area (Å²) in [7, 11) is 0.0457. The molecule has 3 nitrogen and oxygen atoms in total. The minimum atomic E-state index is -1.64. The Balaban J connectivity index is 1.74. The van der Waals surface area contributed by atoms with Gasteiger partial charge in [0.05, 0.1) is 25.5 Å². The number of hydrogen-bond acceptors (Lipinski definition) is 5. The third kappa shape index (κ3) is 5.14. The Labute approximate surface area is 205 Å². The lowest BCUT2D eigenvalue weighted by atomic mass is 10.2. The lowest BCUT2D eigenvalue weighted by Crippen LogP contribution is -2.61. The molecule has 0 aliphatic carbocycles. The van der Waals surface area contributed by atoms with E-state index in [1.54, 1.807) is 7.11 Å². The topological polar surface area (TPSA) is 27.7 Å². The summed E-state index contributed by atoms with van der Waals surface area (Å²) in [6.45, 7) is 15.6. The van der Waals surface area contributed by atoms with Gasteiger partial charge in [0, 0.05) is 5.56 Å². The standard InChI is InChI=1S/C26H42O3S2Si/c1-19(2)32(20(3)4,21(5)6)26(30-16-9-17-31-26)15-8-10-24-18-28-25(29-24)22-11-13-23(27-7)14-12-22/h8,10-14,19-21,24-25H,9,15-18H2,1-7H3/b10-8+/t24-,25+/m0/s1. The van der Waals surface area contributed by atoms with Crippen molar-refractivity contribution in [3.05, 3.63) is 42.0 Å². The first-order valence-corrected chi connectivity index (χ1v) is 16.3. The fraction of sp³-hybridized carbons (Fsp3) is 0.692. The highest BCUT2D eigenvalue weighted by molar-refractivity contribution is 8.21. The lowest BCUT2D eigenvalue weighted by molar-refractivity contribution is -0.0533. The molecule has 0 N–H and O–H groups in total. The number of allylic oxidation sites excluding steroid dienone is 1. The molecule has 6 heteroatoms. The number of hydrogen-bond donors (Lipinski definition) is 0. The number of ether oxygens (including phenoxy) is 3. The molecule has 0 aromatic heterocycles. The van der Waals surface area contributed by atoms with Crippen LogP contribution >= 0.6 is 23.5 Å². The zero-order valence-corrected chi connectivity index (χ0v) is 23.6. The van der Waals surface area contributed by atoms with E-state index in [0.29, 0.717) is 10.3 Å². The molecular formula is C26H42O3S2Si. The first kappa shape index (κ1) is 26.2. The SMILES string of the molecule is COc1ccc([C@@H]2OC[C@H](/C=C/CC3([Si](C(C)C)(C(C)C)C(C)C)SCCCS3)O2)cc1. The van der Waals surface area contributed by atoms with Crippen LogP contribution in [0, 0.1) is 0 Å². The van der Waals surface area contributed by atoms with Crippen LogP contribution in [0.25, 0.3) is 0 Å². The van der Waals surface area contributed by atoms with Crippen molar-refractivity contribution in [1.82, 2.24) is 0 Å². The fourth-order valence-corrected chi connectivity index (χ4v) is 22.9. The van der Waals surface area contributed by atoms with Gasteiger partial charge in [-0.2, -0.15) is 0 Å². The molecule has 2 saturated heterocycles. The maximum absolute atomic E-state index is 6.22. The van der Waals surface area contributed by atoms with E-state index in [0.717, 1.165) is 34.4 Å². The van der Waals surface area contributed by atoms with E-state index in [1.807, 2.05) is 24.3 Å². The van der Waals surface area contributed by atoms with E-state index >= 15 is 0 Å². The summed E-state index contributed by atoms with van der Waals surface area (Å²) in [6, 6.07) is 7.96. The molecule has 180 valence electrons. The van der Waals surface area contributed by atoms with Crippen molar-refractivity contribution >= 4 is 31.6 Å². The van der Waals surface area contributed by atoms with Crippen LogP contribution in [0.1, 0.15) is 66.2 Å². The Morgan fingerprint density at radius 2 is 1.62 bits per heavy atom. The smallest absolute Gasteiger partial charge is 0.184 e. The first-order valence-electron chi connectivity index (χ1n) is 12.1. The van der Waals surface area contributed by atoms with Crippen LogP contribution in [0.5, 0.6) is 5.75 Å². The average Bonchev–Trinajstić information content (AvgIpc) is 3.23. The molecule has 1 aromatic rings. The molecule has 2 fully saturated rings. The molecule has 2 atom stereocenters. The van der Waals surface area contributed by atoms with Crippen LogP contribution < -0.4 is 4.74 Å². The fourth-order valence-electron chi connectivity index (χ4n) is 6.27. The summed E-state index contributed by atoms with van der Waals surface area (Å²) in [6.07, 6.45) is 6.88. The van der Waals surface area contributed by atoms with Crippen molar-refractivity contribution in [2.24, 2.45) is 0 Å². The van der Waals surface area contributed by atoms with Crippen LogP contribution in [-0.2, 0) is 9.47 Å². The number of rotatable bonds is 9. The van der Waals surface area contributed by atoms with Gasteiger partial charge in [0.2, 0.25) is 0 Å². The van der Waals surface area contributed by atoms with Crippen molar-refractivity contribution in [2.45, 2.75) is 87.1 Å². The van der Waals surface area contributed by atoms with Crippen molar-refractivity contribution < 1.29 is 14.2 Å². The minimum absolute atomic E-state index is 0.0194. The molecule has 2 heterocycles. The molecule has 32 heavy (non-hydrogen) atoms. The molecule has 1 aromatic carbocycles. The molecule has 2 aliphatic heterocycles. The van der Waals surface area contributed by atoms with E-state index in [4.69, 9.17) is 14.2 Å². The molecule has 0 unspecified atom stereocenters. The van der Waals surface area contributed by atoms with Crippen molar-refractivity contribution in [3.8, 4) is 5.75 Å². The highest BCUT2D eigenvalue weighted by Gasteiger charge is 2.59. The molecule has 0 radical (unpaired) electrons. The molecule has 0 bridgehead atoms. The van der Waals surface area contributed by atoms with Gasteiger partial charge in [-0.05, 0) is 53.1 Å². The van der Waals surface area contributed by atoms with Gasteiger partial charge in [0.25, 0.3) is 0 Å². The van der Waals surface area contributed by atoms with Gasteiger partial charge < -0.3 is 14.2 Å². The van der Waals surface area contributed by atoms with E-state index < -0.39 is 8.07 Å². The quantitative estimate of drug-likeness (QED) is 0.257. The number of thioether (sulfide) groups is 2. The summed E-state index contributed by atoms with van der Waals surface area (Å²) in [4.78, 5) is 0. The summed E-state index contributed by atoms with van der Waals surface area (Å²) >= 11 is 4.55. The van der Waals surface area contributed by atoms with Crippen LogP contribution in [-0.4, -0.2) is 43.1 Å². The highest BCUT2D eigenvalue weighted by atomic mass is 32.2. The summed E-state index contributed by atoms with van der Waals surface area (Å²) in [5.74, 6) is 3.44. The van der Waals surface area contributed by atoms with Crippen molar-refractivity contribution in [2.75, 3.05) is 25.2 Å². The zero-order chi connectivity index (χ0) is 23.4. The van der Waals surface area contributed by atoms with Crippen molar-refractivity contribution in [3.63, 3.8) is 0 Å². The van der Waals surface area contributed by atoms with Gasteiger partial charge >= 0.3 is 0 Å². The second-order valence-corrected chi connectivity index (χ2v) is 19.9. The van der Waals surface area contributed by atoms with E-state index in [9.17, 15) is 0 Å². The predicted octanol–water partition coefficient (Wildman–Crippen LogP) is 7.84. The molecule has 2 aliphatic rings. The lowest BCUT2D eigenvalue weighted by Gasteiger charge is -2.57. The summed E-state index contributed by atoms with van der Waals surface area (Å²) < 4.78 is 17.8. The van der Waals surface area contributed by atoms with Gasteiger partial charge in [-0.1, -0.05) is 65.8 Å². The Hall–Kier alpha value is -0.403. The van der Waals surface area contributed by atoms with E-state index in [1.165, 1.54) is 17.9 Å². The Bertz CT molecular complexity index is 720. The number of benzene rings is 1. The maximum Gasteiger partial charge on any atom is 0.184 e. The highest BCUT2D eigenvalue weighted by Crippen LogP contribution is 2.61. The average molecular weight is 495 g/mol. The van der Waals surface area contributed by atoms with Gasteiger partial charge in [0.1, 0.15) is 11.9 Å². The monoisotopic (exact) mass is 494 g/mol. The normalized spacial score (nSPS) is 24.2. The van der Waals surface area contributed by atoms with Gasteiger partial charge in [-0.3, -0.25) is 0 Å². The van der Waals surface area contributed by atoms with Crippen LogP contribution in [0.2, 0.25) is 16.6 Å². The Morgan fingerprint density at radius 3 is 2.16 bits per heavy atom. The second kappa shape index (κ2) is 11.3. The van der Waals surface area contributed by atoms with E-state index in [-0.39, 0.29) is 12.4 Å². The van der Waals surface area contributed by atoms with Crippen molar-refractivity contribution in [1.29, 1.82) is 0 Å². The Morgan fingerprint density at radius 1 is 1.03 bits per heavy atom. The maximum atomic E-state index is 6.22. The molecule has 0 amide bonds. The molecule has 3 rings (SSSR count). The van der Waals surface area contributed by atoms with E-state index in [2.05, 4.69) is 77.2 Å². The summed E-state index contributed by atoms with van der Waals surface area (Å²) in [5, 5.41) is 0.